The van der Waals surface area contributed by atoms with Gasteiger partial charge in [-0.15, -0.1) is 0 Å². The molecule has 4 rings (SSSR count). The van der Waals surface area contributed by atoms with E-state index in [0.29, 0.717) is 11.3 Å². The molecule has 4 heteroatoms. The predicted octanol–water partition coefficient (Wildman–Crippen LogP) is 7.45. The van der Waals surface area contributed by atoms with Gasteiger partial charge in [-0.1, -0.05) is 45.5 Å². The molecular weight excluding hydrogens is 414 g/mol. The molecule has 0 saturated heterocycles. The number of aromatic hydroxyl groups is 1. The highest BCUT2D eigenvalue weighted by Gasteiger charge is 2.37. The van der Waals surface area contributed by atoms with Crippen LogP contribution in [0.5, 0.6) is 5.75 Å². The standard InChI is InChI=1S/C28H31NO2S/c1-18-16-23-24(28(4,5)15-14-27(23,2)3)17-25(18)32-22-12-6-19(7-13-22)26(31)29-20-8-10-21(30)11-9-20/h6-13,16-17,30H,14-15H2,1-5H3,(H,29,31). The van der Waals surface area contributed by atoms with Gasteiger partial charge in [0.05, 0.1) is 0 Å². The maximum atomic E-state index is 12.5. The maximum absolute atomic E-state index is 12.5. The molecule has 3 aromatic rings. The number of hydrogen-bond donors (Lipinski definition) is 2. The van der Waals surface area contributed by atoms with Crippen molar-refractivity contribution in [1.82, 2.24) is 0 Å². The molecule has 1 amide bonds. The van der Waals surface area contributed by atoms with E-state index in [2.05, 4.69) is 52.1 Å². The molecule has 2 N–H and O–H groups in total. The van der Waals surface area contributed by atoms with Crippen molar-refractivity contribution in [3.8, 4) is 5.75 Å². The summed E-state index contributed by atoms with van der Waals surface area (Å²) >= 11 is 1.75. The van der Waals surface area contributed by atoms with Gasteiger partial charge in [0.25, 0.3) is 5.91 Å². The fourth-order valence-corrected chi connectivity index (χ4v) is 5.28. The zero-order chi connectivity index (χ0) is 23.1. The zero-order valence-corrected chi connectivity index (χ0v) is 20.3. The second-order valence-corrected chi connectivity index (χ2v) is 11.2. The molecule has 0 atom stereocenters. The van der Waals surface area contributed by atoms with Gasteiger partial charge in [0.2, 0.25) is 0 Å². The first-order valence-electron chi connectivity index (χ1n) is 11.1. The number of amides is 1. The van der Waals surface area contributed by atoms with Crippen LogP contribution in [-0.2, 0) is 10.8 Å². The van der Waals surface area contributed by atoms with Gasteiger partial charge in [-0.3, -0.25) is 4.79 Å². The zero-order valence-electron chi connectivity index (χ0n) is 19.5. The van der Waals surface area contributed by atoms with Gasteiger partial charge in [-0.05, 0) is 102 Å². The molecule has 0 saturated carbocycles. The van der Waals surface area contributed by atoms with Crippen LogP contribution in [-0.4, -0.2) is 11.0 Å². The van der Waals surface area contributed by atoms with Crippen molar-refractivity contribution in [2.75, 3.05) is 5.32 Å². The van der Waals surface area contributed by atoms with Crippen LogP contribution in [0.3, 0.4) is 0 Å². The molecule has 0 aliphatic heterocycles. The van der Waals surface area contributed by atoms with Crippen molar-refractivity contribution in [3.05, 3.63) is 82.9 Å². The number of fused-ring (bicyclic) bond motifs is 1. The van der Waals surface area contributed by atoms with Gasteiger partial charge < -0.3 is 10.4 Å². The number of carbonyl (C=O) groups excluding carboxylic acids is 1. The van der Waals surface area contributed by atoms with Gasteiger partial charge in [0, 0.05) is 21.0 Å². The molecule has 1 aliphatic rings. The summed E-state index contributed by atoms with van der Waals surface area (Å²) in [6, 6.07) is 19.0. The van der Waals surface area contributed by atoms with Crippen molar-refractivity contribution >= 4 is 23.4 Å². The van der Waals surface area contributed by atoms with Crippen LogP contribution < -0.4 is 5.32 Å². The quantitative estimate of drug-likeness (QED) is 0.410. The highest BCUT2D eigenvalue weighted by Crippen LogP contribution is 2.48. The largest absolute Gasteiger partial charge is 0.508 e. The smallest absolute Gasteiger partial charge is 0.255 e. The fourth-order valence-electron chi connectivity index (χ4n) is 4.36. The Labute approximate surface area is 195 Å². The Morgan fingerprint density at radius 3 is 2.03 bits per heavy atom. The monoisotopic (exact) mass is 445 g/mol. The normalized spacial score (nSPS) is 16.3. The summed E-state index contributed by atoms with van der Waals surface area (Å²) in [5.41, 5.74) is 5.90. The second-order valence-electron chi connectivity index (χ2n) is 10.1. The minimum absolute atomic E-state index is 0.166. The Morgan fingerprint density at radius 2 is 1.44 bits per heavy atom. The average Bonchev–Trinajstić information content (AvgIpc) is 2.75. The van der Waals surface area contributed by atoms with Crippen LogP contribution >= 0.6 is 11.8 Å². The minimum Gasteiger partial charge on any atom is -0.508 e. The fraction of sp³-hybridized carbons (Fsp3) is 0.321. The molecule has 0 bridgehead atoms. The van der Waals surface area contributed by atoms with Crippen molar-refractivity contribution < 1.29 is 9.90 Å². The van der Waals surface area contributed by atoms with E-state index in [0.717, 1.165) is 4.90 Å². The lowest BCUT2D eigenvalue weighted by atomic mass is 9.63. The lowest BCUT2D eigenvalue weighted by Crippen LogP contribution is -2.34. The average molecular weight is 446 g/mol. The molecule has 0 aromatic heterocycles. The number of phenols is 1. The third-order valence-corrected chi connectivity index (χ3v) is 7.79. The summed E-state index contributed by atoms with van der Waals surface area (Å²) in [6.45, 7) is 11.6. The highest BCUT2D eigenvalue weighted by atomic mass is 32.2. The Hall–Kier alpha value is -2.72. The third kappa shape index (κ3) is 4.56. The summed E-state index contributed by atoms with van der Waals surface area (Å²) in [5.74, 6) is 0.00924. The number of carbonyl (C=O) groups is 1. The van der Waals surface area contributed by atoms with Crippen molar-refractivity contribution in [2.45, 2.75) is 68.1 Å². The molecule has 3 nitrogen and oxygen atoms in total. The molecule has 32 heavy (non-hydrogen) atoms. The van der Waals surface area contributed by atoms with E-state index in [1.165, 1.54) is 34.4 Å². The van der Waals surface area contributed by atoms with Gasteiger partial charge in [0.1, 0.15) is 5.75 Å². The summed E-state index contributed by atoms with van der Waals surface area (Å²) < 4.78 is 0. The van der Waals surface area contributed by atoms with Crippen LogP contribution in [0.15, 0.2) is 70.5 Å². The molecule has 3 aromatic carbocycles. The summed E-state index contributed by atoms with van der Waals surface area (Å²) in [5, 5.41) is 12.2. The van der Waals surface area contributed by atoms with Crippen LogP contribution in [0.4, 0.5) is 5.69 Å². The molecule has 0 spiro atoms. The van der Waals surface area contributed by atoms with E-state index < -0.39 is 0 Å². The van der Waals surface area contributed by atoms with Crippen LogP contribution in [0.1, 0.15) is 67.6 Å². The van der Waals surface area contributed by atoms with Gasteiger partial charge in [-0.2, -0.15) is 0 Å². The Morgan fingerprint density at radius 1 is 0.875 bits per heavy atom. The summed E-state index contributed by atoms with van der Waals surface area (Å²) in [7, 11) is 0. The topological polar surface area (TPSA) is 49.3 Å². The number of anilines is 1. The Bertz CT molecular complexity index is 1150. The lowest BCUT2D eigenvalue weighted by molar-refractivity contribution is 0.102. The van der Waals surface area contributed by atoms with E-state index in [1.807, 2.05) is 24.3 Å². The van der Waals surface area contributed by atoms with E-state index in [4.69, 9.17) is 0 Å². The van der Waals surface area contributed by atoms with Crippen molar-refractivity contribution in [1.29, 1.82) is 0 Å². The van der Waals surface area contributed by atoms with Crippen molar-refractivity contribution in [3.63, 3.8) is 0 Å². The molecule has 0 heterocycles. The first-order valence-corrected chi connectivity index (χ1v) is 11.9. The maximum Gasteiger partial charge on any atom is 0.255 e. The number of benzene rings is 3. The van der Waals surface area contributed by atoms with E-state index in [9.17, 15) is 9.90 Å². The first kappa shape index (κ1) is 22.5. The molecule has 0 radical (unpaired) electrons. The van der Waals surface area contributed by atoms with Gasteiger partial charge in [-0.25, -0.2) is 0 Å². The Kier molecular flexibility index (Phi) is 5.85. The second kappa shape index (κ2) is 8.32. The van der Waals surface area contributed by atoms with Crippen LogP contribution in [0.25, 0.3) is 0 Å². The molecule has 166 valence electrons. The van der Waals surface area contributed by atoms with E-state index in [1.54, 1.807) is 36.0 Å². The molecule has 1 aliphatic carbocycles. The number of phenolic OH excluding ortho intramolecular Hbond substituents is 1. The van der Waals surface area contributed by atoms with E-state index in [-0.39, 0.29) is 22.5 Å². The predicted molar refractivity (Wildman–Crippen MR) is 133 cm³/mol. The number of rotatable bonds is 4. The SMILES string of the molecule is Cc1cc2c(cc1Sc1ccc(C(=O)Nc3ccc(O)cc3)cc1)C(C)(C)CCC2(C)C. The number of nitrogens with one attached hydrogen (secondary N) is 1. The van der Waals surface area contributed by atoms with Crippen LogP contribution in [0.2, 0.25) is 0 Å². The Balaban J connectivity index is 1.54. The van der Waals surface area contributed by atoms with E-state index >= 15 is 0 Å². The number of aryl methyl sites for hydroxylation is 1. The van der Waals surface area contributed by atoms with Crippen molar-refractivity contribution in [2.24, 2.45) is 0 Å². The van der Waals surface area contributed by atoms with Gasteiger partial charge >= 0.3 is 0 Å². The van der Waals surface area contributed by atoms with Gasteiger partial charge in [0.15, 0.2) is 0 Å². The molecule has 0 unspecified atom stereocenters. The number of hydrogen-bond acceptors (Lipinski definition) is 3. The third-order valence-electron chi connectivity index (χ3n) is 6.62. The summed E-state index contributed by atoms with van der Waals surface area (Å²) in [6.07, 6.45) is 2.41. The summed E-state index contributed by atoms with van der Waals surface area (Å²) in [4.78, 5) is 14.9. The minimum atomic E-state index is -0.166. The first-order chi connectivity index (χ1) is 15.0. The van der Waals surface area contributed by atoms with Crippen LogP contribution in [0, 0.1) is 6.92 Å². The molecular formula is C28H31NO2S. The highest BCUT2D eigenvalue weighted by molar-refractivity contribution is 7.99. The molecule has 0 fully saturated rings. The lowest BCUT2D eigenvalue weighted by Gasteiger charge is -2.42.